The molecule has 1 aromatic heterocycles. The van der Waals surface area contributed by atoms with Gasteiger partial charge in [-0.25, -0.2) is 0 Å². The van der Waals surface area contributed by atoms with E-state index in [1.54, 1.807) is 0 Å². The number of hydrogen-bond donors (Lipinski definition) is 3. The summed E-state index contributed by atoms with van der Waals surface area (Å²) < 4.78 is 5.47. The molecule has 2 aromatic carbocycles. The highest BCUT2D eigenvalue weighted by atomic mass is 16.4. The number of para-hydroxylation sites is 1. The van der Waals surface area contributed by atoms with Gasteiger partial charge in [0.2, 0.25) is 5.43 Å². The Kier molecular flexibility index (Phi) is 3.48. The molecule has 0 aliphatic heterocycles. The maximum atomic E-state index is 12.6. The molecule has 0 unspecified atom stereocenters. The molecule has 0 saturated carbocycles. The Hall–Kier alpha value is -2.95. The smallest absolute Gasteiger partial charge is 0.204 e. The van der Waals surface area contributed by atoms with Gasteiger partial charge in [0, 0.05) is 5.56 Å². The number of phenolic OH excluding ortho intramolecular Hbond substituents is 3. The van der Waals surface area contributed by atoms with Crippen LogP contribution in [0, 0.1) is 0 Å². The lowest BCUT2D eigenvalue weighted by atomic mass is 10.0. The number of phenols is 3. The average molecular weight is 312 g/mol. The van der Waals surface area contributed by atoms with Gasteiger partial charge in [-0.05, 0) is 38.5 Å². The summed E-state index contributed by atoms with van der Waals surface area (Å²) in [6.45, 7) is 3.84. The van der Waals surface area contributed by atoms with Crippen LogP contribution in [0.4, 0.5) is 0 Å². The van der Waals surface area contributed by atoms with E-state index in [2.05, 4.69) is 0 Å². The summed E-state index contributed by atoms with van der Waals surface area (Å²) in [5, 5.41) is 30.5. The van der Waals surface area contributed by atoms with Crippen molar-refractivity contribution in [3.63, 3.8) is 0 Å². The van der Waals surface area contributed by atoms with Crippen molar-refractivity contribution in [2.24, 2.45) is 0 Å². The Morgan fingerprint density at radius 2 is 1.87 bits per heavy atom. The first-order valence-electron chi connectivity index (χ1n) is 7.16. The second-order valence-corrected chi connectivity index (χ2v) is 5.68. The first kappa shape index (κ1) is 15.0. The van der Waals surface area contributed by atoms with Gasteiger partial charge in [-0.15, -0.1) is 0 Å². The van der Waals surface area contributed by atoms with Gasteiger partial charge in [0.25, 0.3) is 0 Å². The second-order valence-electron chi connectivity index (χ2n) is 5.68. The van der Waals surface area contributed by atoms with Crippen molar-refractivity contribution < 1.29 is 19.7 Å². The topological polar surface area (TPSA) is 90.9 Å². The molecule has 0 aliphatic carbocycles. The molecule has 1 heterocycles. The van der Waals surface area contributed by atoms with Gasteiger partial charge in [0.15, 0.2) is 22.7 Å². The average Bonchev–Trinajstić information content (AvgIpc) is 2.50. The summed E-state index contributed by atoms with van der Waals surface area (Å²) in [7, 11) is 0. The van der Waals surface area contributed by atoms with Gasteiger partial charge in [-0.1, -0.05) is 17.7 Å². The highest BCUT2D eigenvalue weighted by molar-refractivity contribution is 5.98. The molecule has 118 valence electrons. The van der Waals surface area contributed by atoms with E-state index in [1.165, 1.54) is 24.3 Å². The van der Waals surface area contributed by atoms with Crippen molar-refractivity contribution in [1.29, 1.82) is 0 Å². The summed E-state index contributed by atoms with van der Waals surface area (Å²) in [4.78, 5) is 12.6. The maximum Gasteiger partial charge on any atom is 0.204 e. The van der Waals surface area contributed by atoms with E-state index in [1.807, 2.05) is 19.9 Å². The Morgan fingerprint density at radius 1 is 1.13 bits per heavy atom. The summed E-state index contributed by atoms with van der Waals surface area (Å²) in [5.74, 6) is -0.666. The highest BCUT2D eigenvalue weighted by Gasteiger charge is 2.19. The van der Waals surface area contributed by atoms with Crippen LogP contribution < -0.4 is 5.43 Å². The SMILES string of the molecule is CC(C)=CCc1cc(O)c2oc3c(O)cccc3c(=O)c2c1O. The standard InChI is InChI=1S/C18H16O5/c1-9(2)6-7-10-8-13(20)18-14(15(10)21)16(22)11-4-3-5-12(19)17(11)23-18/h3-6,8,19-21H,7H2,1-2H3. The number of benzene rings is 2. The Labute approximate surface area is 131 Å². The molecule has 5 heteroatoms. The Bertz CT molecular complexity index is 1010. The van der Waals surface area contributed by atoms with Crippen LogP contribution in [0.3, 0.4) is 0 Å². The zero-order valence-electron chi connectivity index (χ0n) is 12.8. The summed E-state index contributed by atoms with van der Waals surface area (Å²) >= 11 is 0. The monoisotopic (exact) mass is 312 g/mol. The molecule has 0 bridgehead atoms. The van der Waals surface area contributed by atoms with E-state index in [4.69, 9.17) is 4.42 Å². The van der Waals surface area contributed by atoms with Gasteiger partial charge in [-0.2, -0.15) is 0 Å². The fourth-order valence-electron chi connectivity index (χ4n) is 2.53. The molecule has 3 rings (SSSR count). The number of hydrogen-bond acceptors (Lipinski definition) is 5. The lowest BCUT2D eigenvalue weighted by Gasteiger charge is -2.09. The van der Waals surface area contributed by atoms with E-state index >= 15 is 0 Å². The van der Waals surface area contributed by atoms with Crippen LogP contribution in [0.25, 0.3) is 21.9 Å². The van der Waals surface area contributed by atoms with Crippen LogP contribution in [0.15, 0.2) is 45.1 Å². The van der Waals surface area contributed by atoms with E-state index in [0.717, 1.165) is 5.57 Å². The molecule has 0 aliphatic rings. The summed E-state index contributed by atoms with van der Waals surface area (Å²) in [6, 6.07) is 5.77. The number of rotatable bonds is 2. The highest BCUT2D eigenvalue weighted by Crippen LogP contribution is 2.37. The van der Waals surface area contributed by atoms with E-state index in [-0.39, 0.29) is 39.2 Å². The van der Waals surface area contributed by atoms with Crippen molar-refractivity contribution >= 4 is 21.9 Å². The quantitative estimate of drug-likeness (QED) is 0.382. The Morgan fingerprint density at radius 3 is 2.57 bits per heavy atom. The van der Waals surface area contributed by atoms with Crippen LogP contribution in [-0.2, 0) is 6.42 Å². The van der Waals surface area contributed by atoms with Gasteiger partial charge in [-0.3, -0.25) is 4.79 Å². The number of fused-ring (bicyclic) bond motifs is 2. The van der Waals surface area contributed by atoms with Gasteiger partial charge in [0.05, 0.1) is 5.39 Å². The molecule has 0 saturated heterocycles. The minimum absolute atomic E-state index is 0.0169. The van der Waals surface area contributed by atoms with Crippen LogP contribution in [0.5, 0.6) is 17.2 Å². The second kappa shape index (κ2) is 5.35. The minimum atomic E-state index is -0.496. The first-order valence-corrected chi connectivity index (χ1v) is 7.16. The van der Waals surface area contributed by atoms with Crippen molar-refractivity contribution in [3.05, 3.63) is 51.7 Å². The molecule has 0 radical (unpaired) electrons. The molecule has 3 aromatic rings. The van der Waals surface area contributed by atoms with Gasteiger partial charge < -0.3 is 19.7 Å². The maximum absolute atomic E-state index is 12.6. The molecule has 0 amide bonds. The molecular formula is C18H16O5. The van der Waals surface area contributed by atoms with Crippen molar-refractivity contribution in [2.45, 2.75) is 20.3 Å². The third kappa shape index (κ3) is 2.40. The largest absolute Gasteiger partial charge is 0.507 e. The predicted octanol–water partition coefficient (Wildman–Crippen LogP) is 3.57. The zero-order valence-corrected chi connectivity index (χ0v) is 12.8. The molecular weight excluding hydrogens is 296 g/mol. The third-order valence-electron chi connectivity index (χ3n) is 3.71. The zero-order chi connectivity index (χ0) is 16.7. The molecule has 0 spiro atoms. The van der Waals surface area contributed by atoms with Crippen molar-refractivity contribution in [3.8, 4) is 17.2 Å². The molecule has 23 heavy (non-hydrogen) atoms. The lowest BCUT2D eigenvalue weighted by molar-refractivity contribution is 0.447. The van der Waals surface area contributed by atoms with E-state index in [9.17, 15) is 20.1 Å². The van der Waals surface area contributed by atoms with Crippen LogP contribution in [0.1, 0.15) is 19.4 Å². The Balaban J connectivity index is 2.43. The molecule has 0 fully saturated rings. The van der Waals surface area contributed by atoms with Gasteiger partial charge in [0.1, 0.15) is 11.1 Å². The fraction of sp³-hybridized carbons (Fsp3) is 0.167. The number of allylic oxidation sites excluding steroid dienone is 2. The van der Waals surface area contributed by atoms with E-state index < -0.39 is 5.43 Å². The fourth-order valence-corrected chi connectivity index (χ4v) is 2.53. The first-order chi connectivity index (χ1) is 10.9. The van der Waals surface area contributed by atoms with Crippen LogP contribution in [0.2, 0.25) is 0 Å². The van der Waals surface area contributed by atoms with Crippen LogP contribution >= 0.6 is 0 Å². The van der Waals surface area contributed by atoms with Crippen molar-refractivity contribution in [1.82, 2.24) is 0 Å². The van der Waals surface area contributed by atoms with E-state index in [0.29, 0.717) is 12.0 Å². The summed E-state index contributed by atoms with van der Waals surface area (Å²) in [6.07, 6.45) is 2.27. The molecule has 0 atom stereocenters. The third-order valence-corrected chi connectivity index (χ3v) is 3.71. The minimum Gasteiger partial charge on any atom is -0.507 e. The van der Waals surface area contributed by atoms with Gasteiger partial charge >= 0.3 is 0 Å². The van der Waals surface area contributed by atoms with Crippen LogP contribution in [-0.4, -0.2) is 15.3 Å². The molecule has 3 N–H and O–H groups in total. The lowest BCUT2D eigenvalue weighted by Crippen LogP contribution is -2.04. The predicted molar refractivity (Wildman–Crippen MR) is 88.1 cm³/mol. The normalized spacial score (nSPS) is 11.0. The number of aromatic hydroxyl groups is 3. The van der Waals surface area contributed by atoms with Crippen molar-refractivity contribution in [2.75, 3.05) is 0 Å². The summed E-state index contributed by atoms with van der Waals surface area (Å²) in [5.41, 5.74) is 0.839. The molecule has 5 nitrogen and oxygen atoms in total.